The summed E-state index contributed by atoms with van der Waals surface area (Å²) in [4.78, 5) is 25.3. The van der Waals surface area contributed by atoms with Crippen LogP contribution in [0.25, 0.3) is 16.7 Å². The molecule has 1 amide bonds. The van der Waals surface area contributed by atoms with Crippen LogP contribution in [0.4, 0.5) is 11.6 Å². The van der Waals surface area contributed by atoms with E-state index in [-0.39, 0.29) is 24.5 Å². The lowest BCUT2D eigenvalue weighted by atomic mass is 9.92. The lowest BCUT2D eigenvalue weighted by molar-refractivity contribution is -0.129. The molecule has 1 saturated carbocycles. The Morgan fingerprint density at radius 2 is 1.78 bits per heavy atom. The van der Waals surface area contributed by atoms with Crippen LogP contribution in [0.5, 0.6) is 0 Å². The molecule has 1 aromatic carbocycles. The van der Waals surface area contributed by atoms with Crippen LogP contribution in [0.2, 0.25) is 0 Å². The third kappa shape index (κ3) is 5.86. The number of piperazine rings is 1. The molecule has 3 aromatic rings. The Balaban J connectivity index is 1.29. The summed E-state index contributed by atoms with van der Waals surface area (Å²) in [6, 6.07) is 10.4. The van der Waals surface area contributed by atoms with Gasteiger partial charge in [-0.2, -0.15) is 4.98 Å². The Labute approximate surface area is 217 Å². The van der Waals surface area contributed by atoms with E-state index in [1.165, 1.54) is 6.26 Å². The number of fused-ring (bicyclic) bond motifs is 1. The lowest BCUT2D eigenvalue weighted by Crippen LogP contribution is -2.50. The largest absolute Gasteiger partial charge is 0.367 e. The second-order valence-corrected chi connectivity index (χ2v) is 11.6. The molecule has 1 aliphatic heterocycles. The van der Waals surface area contributed by atoms with Gasteiger partial charge in [-0.3, -0.25) is 4.79 Å². The van der Waals surface area contributed by atoms with Gasteiger partial charge in [0, 0.05) is 61.7 Å². The molecule has 1 aliphatic carbocycles. The molecule has 198 valence electrons. The van der Waals surface area contributed by atoms with Gasteiger partial charge in [-0.05, 0) is 49.9 Å². The zero-order valence-electron chi connectivity index (χ0n) is 21.0. The van der Waals surface area contributed by atoms with E-state index < -0.39 is 10.0 Å². The van der Waals surface area contributed by atoms with Crippen molar-refractivity contribution < 1.29 is 13.2 Å². The molecule has 0 atom stereocenters. The molecule has 1 saturated heterocycles. The van der Waals surface area contributed by atoms with E-state index in [1.54, 1.807) is 6.20 Å². The van der Waals surface area contributed by atoms with Gasteiger partial charge in [0.2, 0.25) is 21.9 Å². The highest BCUT2D eigenvalue weighted by molar-refractivity contribution is 7.88. The minimum atomic E-state index is -3.19. The summed E-state index contributed by atoms with van der Waals surface area (Å²) in [6.07, 6.45) is 8.24. The predicted octanol–water partition coefficient (Wildman–Crippen LogP) is 1.30. The van der Waals surface area contributed by atoms with Crippen molar-refractivity contribution in [3.05, 3.63) is 42.7 Å². The van der Waals surface area contributed by atoms with Gasteiger partial charge in [0.25, 0.3) is 0 Å². The highest BCUT2D eigenvalue weighted by Gasteiger charge is 2.24. The van der Waals surface area contributed by atoms with E-state index >= 15 is 0 Å². The Morgan fingerprint density at radius 1 is 1.05 bits per heavy atom. The summed E-state index contributed by atoms with van der Waals surface area (Å²) in [5.41, 5.74) is 7.72. The van der Waals surface area contributed by atoms with Crippen LogP contribution in [0.3, 0.4) is 0 Å². The number of hydrogen-bond donors (Lipinski definition) is 3. The number of carbonyl (C=O) groups excluding carboxylic acids is 1. The number of anilines is 2. The number of carbonyl (C=O) groups is 1. The molecule has 37 heavy (non-hydrogen) atoms. The monoisotopic (exact) mass is 526 g/mol. The summed E-state index contributed by atoms with van der Waals surface area (Å²) >= 11 is 0. The highest BCUT2D eigenvalue weighted by Crippen LogP contribution is 2.30. The van der Waals surface area contributed by atoms with Crippen molar-refractivity contribution in [1.82, 2.24) is 24.2 Å². The quantitative estimate of drug-likeness (QED) is 0.419. The van der Waals surface area contributed by atoms with Gasteiger partial charge in [-0.1, -0.05) is 6.07 Å². The maximum absolute atomic E-state index is 11.9. The van der Waals surface area contributed by atoms with E-state index in [9.17, 15) is 13.2 Å². The standard InChI is InChI=1S/C25H34N8O3S/c1-37(35,36)30-19-7-5-18(6-8-19)28-25-27-11-9-23(29-25)33-12-10-20-21(3-2-4-22(20)33)31-13-15-32(16-14-31)24(34)17-26/h2-4,9-12,18-19,30H,5-8,13-17,26H2,1H3,(H,27,28,29). The summed E-state index contributed by atoms with van der Waals surface area (Å²) < 4.78 is 27.8. The first-order chi connectivity index (χ1) is 17.8. The molecule has 0 radical (unpaired) electrons. The summed E-state index contributed by atoms with van der Waals surface area (Å²) in [5.74, 6) is 1.34. The first-order valence-corrected chi connectivity index (χ1v) is 14.6. The minimum absolute atomic E-state index is 0.00389. The van der Waals surface area contributed by atoms with Crippen LogP contribution in [-0.4, -0.2) is 84.8 Å². The number of nitrogens with one attached hydrogen (secondary N) is 2. The molecule has 0 unspecified atom stereocenters. The molecule has 0 bridgehead atoms. The fourth-order valence-electron chi connectivity index (χ4n) is 5.35. The lowest BCUT2D eigenvalue weighted by Gasteiger charge is -2.36. The van der Waals surface area contributed by atoms with Crippen molar-refractivity contribution in [3.63, 3.8) is 0 Å². The van der Waals surface area contributed by atoms with Gasteiger partial charge in [-0.25, -0.2) is 18.1 Å². The zero-order valence-corrected chi connectivity index (χ0v) is 21.8. The number of nitrogens with two attached hydrogens (primary N) is 1. The second-order valence-electron chi connectivity index (χ2n) is 9.79. The first-order valence-electron chi connectivity index (χ1n) is 12.7. The molecule has 2 aromatic heterocycles. The average molecular weight is 527 g/mol. The van der Waals surface area contributed by atoms with Gasteiger partial charge in [-0.15, -0.1) is 0 Å². The third-order valence-corrected chi connectivity index (χ3v) is 7.95. The van der Waals surface area contributed by atoms with E-state index in [1.807, 2.05) is 17.2 Å². The van der Waals surface area contributed by atoms with Gasteiger partial charge in [0.05, 0.1) is 18.3 Å². The second kappa shape index (κ2) is 10.6. The molecular formula is C25H34N8O3S. The minimum Gasteiger partial charge on any atom is -0.367 e. The third-order valence-electron chi connectivity index (χ3n) is 7.19. The van der Waals surface area contributed by atoms with Crippen LogP contribution in [0.1, 0.15) is 25.7 Å². The van der Waals surface area contributed by atoms with Crippen molar-refractivity contribution in [2.45, 2.75) is 37.8 Å². The number of nitrogens with zero attached hydrogens (tertiary/aromatic N) is 5. The Kier molecular flexibility index (Phi) is 7.31. The van der Waals surface area contributed by atoms with Crippen molar-refractivity contribution >= 4 is 38.5 Å². The fourth-order valence-corrected chi connectivity index (χ4v) is 6.19. The number of rotatable bonds is 7. The fraction of sp³-hybridized carbons (Fsp3) is 0.480. The van der Waals surface area contributed by atoms with Gasteiger partial charge >= 0.3 is 0 Å². The van der Waals surface area contributed by atoms with Crippen LogP contribution in [0.15, 0.2) is 42.7 Å². The van der Waals surface area contributed by atoms with E-state index in [4.69, 9.17) is 10.7 Å². The van der Waals surface area contributed by atoms with Crippen LogP contribution in [0, 0.1) is 0 Å². The van der Waals surface area contributed by atoms with Crippen LogP contribution < -0.4 is 20.7 Å². The van der Waals surface area contributed by atoms with E-state index in [2.05, 4.69) is 48.8 Å². The number of benzene rings is 1. The summed E-state index contributed by atoms with van der Waals surface area (Å²) in [6.45, 7) is 2.91. The average Bonchev–Trinajstić information content (AvgIpc) is 3.33. The molecule has 3 heterocycles. The molecule has 12 heteroatoms. The topological polar surface area (TPSA) is 138 Å². The molecule has 4 N–H and O–H groups in total. The number of amides is 1. The summed E-state index contributed by atoms with van der Waals surface area (Å²) in [5, 5.41) is 4.56. The number of sulfonamides is 1. The highest BCUT2D eigenvalue weighted by atomic mass is 32.2. The van der Waals surface area contributed by atoms with Crippen LogP contribution in [-0.2, 0) is 14.8 Å². The maximum Gasteiger partial charge on any atom is 0.236 e. The van der Waals surface area contributed by atoms with Gasteiger partial charge in [0.1, 0.15) is 5.82 Å². The maximum atomic E-state index is 11.9. The molecule has 0 spiro atoms. The molecule has 2 fully saturated rings. The van der Waals surface area contributed by atoms with Gasteiger partial charge in [0.15, 0.2) is 0 Å². The SMILES string of the molecule is CS(=O)(=O)NC1CCC(Nc2nccc(-n3ccc4c(N5CCN(C(=O)CN)CC5)cccc43)n2)CC1. The van der Waals surface area contributed by atoms with Crippen molar-refractivity contribution in [2.75, 3.05) is 49.2 Å². The van der Waals surface area contributed by atoms with E-state index in [0.29, 0.717) is 19.0 Å². The van der Waals surface area contributed by atoms with E-state index in [0.717, 1.165) is 61.2 Å². The molecule has 5 rings (SSSR count). The smallest absolute Gasteiger partial charge is 0.236 e. The zero-order chi connectivity index (χ0) is 26.0. The van der Waals surface area contributed by atoms with Gasteiger partial charge < -0.3 is 25.4 Å². The normalized spacial score (nSPS) is 20.8. The van der Waals surface area contributed by atoms with Crippen molar-refractivity contribution in [3.8, 4) is 5.82 Å². The Hall–Kier alpha value is -3.22. The van der Waals surface area contributed by atoms with Crippen LogP contribution >= 0.6 is 0 Å². The number of hydrogen-bond acceptors (Lipinski definition) is 8. The van der Waals surface area contributed by atoms with Crippen molar-refractivity contribution in [2.24, 2.45) is 5.73 Å². The molecule has 2 aliphatic rings. The first kappa shape index (κ1) is 25.4. The number of aromatic nitrogens is 3. The Morgan fingerprint density at radius 3 is 2.49 bits per heavy atom. The predicted molar refractivity (Wildman–Crippen MR) is 144 cm³/mol. The summed E-state index contributed by atoms with van der Waals surface area (Å²) in [7, 11) is -3.19. The molecule has 11 nitrogen and oxygen atoms in total. The Bertz CT molecular complexity index is 1360. The molecular weight excluding hydrogens is 492 g/mol. The van der Waals surface area contributed by atoms with Crippen molar-refractivity contribution in [1.29, 1.82) is 0 Å².